The maximum Gasteiger partial charge on any atom is 0.280 e. The number of aromatic nitrogens is 4. The van der Waals surface area contributed by atoms with E-state index in [9.17, 15) is 9.90 Å². The minimum atomic E-state index is -1.40. The molecule has 1 fully saturated rings. The molecule has 0 amide bonds. The highest BCUT2D eigenvalue weighted by Crippen LogP contribution is 2.44. The van der Waals surface area contributed by atoms with Crippen molar-refractivity contribution in [2.24, 2.45) is 0 Å². The Labute approximate surface area is 216 Å². The lowest BCUT2D eigenvalue weighted by Gasteiger charge is -2.24. The summed E-state index contributed by atoms with van der Waals surface area (Å²) in [5.74, 6) is -0.787. The molecule has 2 atom stereocenters. The first kappa shape index (κ1) is 35.9. The van der Waals surface area contributed by atoms with Crippen LogP contribution < -0.4 is 16.6 Å². The number of rotatable bonds is 7. The van der Waals surface area contributed by atoms with Crippen molar-refractivity contribution in [3.05, 3.63) is 16.7 Å². The standard InChI is InChI=1S/C9H12N6O.C8H19O4P.2C2H6.CH4S/c10-9-13-7-6(8(16)14-9)12-4-15(7)5-1-2-11-3-5;1-6(2)11-13(8(10)5-9)12-7(3)4;3*1-2/h4-5,11H,1-3H2,(H3,10,13,14,16);6-10H,5H2,1-4H3;2*1-2H3;2H,1H3. The smallest absolute Gasteiger partial charge is 0.280 e. The maximum atomic E-state index is 11.6. The molecule has 3 rings (SSSR count). The van der Waals surface area contributed by atoms with Gasteiger partial charge in [0.05, 0.1) is 31.2 Å². The van der Waals surface area contributed by atoms with Crippen LogP contribution in [0.25, 0.3) is 11.2 Å². The number of H-pyrrole nitrogens is 1. The van der Waals surface area contributed by atoms with E-state index >= 15 is 0 Å². The van der Waals surface area contributed by atoms with Crippen molar-refractivity contribution in [1.82, 2.24) is 24.8 Å². The van der Waals surface area contributed by atoms with Gasteiger partial charge in [-0.15, -0.1) is 0 Å². The lowest BCUT2D eigenvalue weighted by molar-refractivity contribution is 0.101. The van der Waals surface area contributed by atoms with Crippen molar-refractivity contribution in [3.8, 4) is 0 Å². The molecule has 6 N–H and O–H groups in total. The van der Waals surface area contributed by atoms with Crippen LogP contribution in [-0.4, -0.2) is 73.7 Å². The summed E-state index contributed by atoms with van der Waals surface area (Å²) in [5.41, 5.74) is 6.16. The molecule has 206 valence electrons. The Bertz CT molecular complexity index is 820. The Morgan fingerprint density at radius 2 is 1.74 bits per heavy atom. The Kier molecular flexibility index (Phi) is 21.4. The van der Waals surface area contributed by atoms with Crippen LogP contribution in [0, 0.1) is 0 Å². The zero-order valence-corrected chi connectivity index (χ0v) is 24.4. The number of aliphatic hydroxyl groups is 2. The summed E-state index contributed by atoms with van der Waals surface area (Å²) in [4.78, 5) is 22.2. The van der Waals surface area contributed by atoms with Crippen LogP contribution in [-0.2, 0) is 9.05 Å². The second-order valence-electron chi connectivity index (χ2n) is 7.18. The Balaban J connectivity index is 0. The van der Waals surface area contributed by atoms with E-state index in [1.165, 1.54) is 0 Å². The maximum absolute atomic E-state index is 11.6. The normalized spacial score (nSPS) is 15.3. The summed E-state index contributed by atoms with van der Waals surface area (Å²) in [5, 5.41) is 21.3. The number of thiol groups is 1. The van der Waals surface area contributed by atoms with Crippen molar-refractivity contribution >= 4 is 38.1 Å². The number of hydrogen-bond donors (Lipinski definition) is 6. The summed E-state index contributed by atoms with van der Waals surface area (Å²) < 4.78 is 12.6. The van der Waals surface area contributed by atoms with Gasteiger partial charge in [-0.3, -0.25) is 9.78 Å². The molecule has 13 heteroatoms. The first-order valence-corrected chi connectivity index (χ1v) is 14.2. The summed E-state index contributed by atoms with van der Waals surface area (Å²) in [6.07, 6.45) is 4.35. The van der Waals surface area contributed by atoms with Gasteiger partial charge in [-0.25, -0.2) is 4.98 Å². The third-order valence-electron chi connectivity index (χ3n) is 3.91. The van der Waals surface area contributed by atoms with E-state index in [-0.39, 0.29) is 30.3 Å². The quantitative estimate of drug-likeness (QED) is 0.230. The average Bonchev–Trinajstić information content (AvgIpc) is 3.52. The molecule has 2 aromatic heterocycles. The third kappa shape index (κ3) is 13.0. The average molecular weight is 539 g/mol. The summed E-state index contributed by atoms with van der Waals surface area (Å²) in [6, 6.07) is 0.304. The van der Waals surface area contributed by atoms with Gasteiger partial charge in [0.25, 0.3) is 5.56 Å². The molecule has 0 radical (unpaired) electrons. The molecule has 0 bridgehead atoms. The lowest BCUT2D eigenvalue weighted by atomic mass is 10.2. The largest absolute Gasteiger partial charge is 0.393 e. The minimum Gasteiger partial charge on any atom is -0.393 e. The fraction of sp³-hybridized carbons (Fsp3) is 0.773. The molecule has 1 aliphatic heterocycles. The van der Waals surface area contributed by atoms with Crippen LogP contribution in [0.2, 0.25) is 0 Å². The molecule has 35 heavy (non-hydrogen) atoms. The van der Waals surface area contributed by atoms with E-state index in [2.05, 4.69) is 32.9 Å². The van der Waals surface area contributed by atoms with Crippen molar-refractivity contribution in [1.29, 1.82) is 0 Å². The van der Waals surface area contributed by atoms with Gasteiger partial charge in [-0.05, 0) is 46.9 Å². The molecule has 0 spiro atoms. The number of nitrogen functional groups attached to an aromatic ring is 1. The van der Waals surface area contributed by atoms with E-state index in [1.807, 2.05) is 60.0 Å². The van der Waals surface area contributed by atoms with Crippen molar-refractivity contribution in [3.63, 3.8) is 0 Å². The molecular formula is C22H47N6O5PS. The number of nitrogens with zero attached hydrogens (tertiary/aromatic N) is 3. The van der Waals surface area contributed by atoms with Crippen LogP contribution in [0.15, 0.2) is 11.1 Å². The van der Waals surface area contributed by atoms with Gasteiger partial charge in [0.15, 0.2) is 11.2 Å². The van der Waals surface area contributed by atoms with Gasteiger partial charge >= 0.3 is 0 Å². The minimum absolute atomic E-state index is 0.00828. The molecule has 2 unspecified atom stereocenters. The molecule has 1 saturated heterocycles. The summed E-state index contributed by atoms with van der Waals surface area (Å²) in [7, 11) is -1.40. The van der Waals surface area contributed by atoms with E-state index in [0.29, 0.717) is 17.2 Å². The number of aromatic amines is 1. The highest BCUT2D eigenvalue weighted by molar-refractivity contribution is 7.79. The van der Waals surface area contributed by atoms with Gasteiger partial charge in [0.1, 0.15) is 5.85 Å². The van der Waals surface area contributed by atoms with E-state index in [0.717, 1.165) is 19.5 Å². The highest BCUT2D eigenvalue weighted by atomic mass is 32.1. The van der Waals surface area contributed by atoms with Crippen LogP contribution >= 0.6 is 21.0 Å². The van der Waals surface area contributed by atoms with Crippen LogP contribution in [0.1, 0.15) is 67.9 Å². The number of fused-ring (bicyclic) bond motifs is 1. The predicted octanol–water partition coefficient (Wildman–Crippen LogP) is 3.29. The van der Waals surface area contributed by atoms with Crippen LogP contribution in [0.4, 0.5) is 5.95 Å². The van der Waals surface area contributed by atoms with Crippen molar-refractivity contribution < 1.29 is 19.3 Å². The highest BCUT2D eigenvalue weighted by Gasteiger charge is 2.23. The van der Waals surface area contributed by atoms with E-state index < -0.39 is 14.2 Å². The molecule has 0 aliphatic carbocycles. The Morgan fingerprint density at radius 3 is 2.17 bits per heavy atom. The zero-order valence-electron chi connectivity index (χ0n) is 22.6. The fourth-order valence-electron chi connectivity index (χ4n) is 2.73. The summed E-state index contributed by atoms with van der Waals surface area (Å²) in [6.45, 7) is 17.0. The monoisotopic (exact) mass is 538 g/mol. The first-order valence-electron chi connectivity index (χ1n) is 12.0. The molecular weight excluding hydrogens is 491 g/mol. The van der Waals surface area contributed by atoms with Crippen molar-refractivity contribution in [2.75, 3.05) is 31.7 Å². The van der Waals surface area contributed by atoms with Gasteiger partial charge in [0.2, 0.25) is 14.3 Å². The second-order valence-corrected chi connectivity index (χ2v) is 8.77. The Morgan fingerprint density at radius 1 is 1.20 bits per heavy atom. The number of imidazole rings is 1. The van der Waals surface area contributed by atoms with Gasteiger partial charge < -0.3 is 34.9 Å². The number of anilines is 1. The SMILES string of the molecule is CC.CC.CC(C)OP(OC(C)C)C(O)CO.CS.Nc1nc2c(ncn2C2CCNC2)c(=O)[nH]1. The van der Waals surface area contributed by atoms with Gasteiger partial charge in [0, 0.05) is 6.54 Å². The van der Waals surface area contributed by atoms with Gasteiger partial charge in [-0.1, -0.05) is 27.7 Å². The Hall–Kier alpha value is -1.27. The predicted molar refractivity (Wildman–Crippen MR) is 149 cm³/mol. The third-order valence-corrected chi connectivity index (χ3v) is 5.82. The number of nitrogens with one attached hydrogen (secondary N) is 2. The fourth-order valence-corrected chi connectivity index (χ4v) is 4.03. The molecule has 1 aliphatic rings. The summed E-state index contributed by atoms with van der Waals surface area (Å²) >= 11 is 3.53. The zero-order chi connectivity index (χ0) is 27.6. The number of hydrogen-bond acceptors (Lipinski definition) is 10. The first-order chi connectivity index (χ1) is 16.7. The van der Waals surface area contributed by atoms with Gasteiger partial charge in [-0.2, -0.15) is 17.6 Å². The lowest BCUT2D eigenvalue weighted by Crippen LogP contribution is -2.17. The molecule has 11 nitrogen and oxygen atoms in total. The molecule has 0 saturated carbocycles. The molecule has 3 heterocycles. The molecule has 2 aromatic rings. The van der Waals surface area contributed by atoms with E-state index in [1.54, 1.807) is 12.6 Å². The van der Waals surface area contributed by atoms with E-state index in [4.69, 9.17) is 19.9 Å². The topological polar surface area (TPSA) is 161 Å². The molecule has 0 aromatic carbocycles. The van der Waals surface area contributed by atoms with Crippen LogP contribution in [0.5, 0.6) is 0 Å². The number of nitrogens with two attached hydrogens (primary N) is 1. The second kappa shape index (κ2) is 20.9. The van der Waals surface area contributed by atoms with Crippen LogP contribution in [0.3, 0.4) is 0 Å². The van der Waals surface area contributed by atoms with Crippen molar-refractivity contribution in [2.45, 2.75) is 85.9 Å². The number of aliphatic hydroxyl groups excluding tert-OH is 2.